The van der Waals surface area contributed by atoms with E-state index in [-0.39, 0.29) is 23.4 Å². The van der Waals surface area contributed by atoms with Gasteiger partial charge in [0, 0.05) is 31.6 Å². The number of aliphatic hydroxyl groups is 1. The molecule has 4 rings (SSSR count). The number of rotatable bonds is 5. The Hall–Kier alpha value is -3.26. The lowest BCUT2D eigenvalue weighted by Gasteiger charge is -2.37. The third kappa shape index (κ3) is 4.50. The highest BCUT2D eigenvalue weighted by Gasteiger charge is 2.28. The van der Waals surface area contributed by atoms with Gasteiger partial charge in [-0.2, -0.15) is 0 Å². The first kappa shape index (κ1) is 22.0. The maximum absolute atomic E-state index is 14.0. The highest BCUT2D eigenvalue weighted by molar-refractivity contribution is 5.91. The zero-order valence-corrected chi connectivity index (χ0v) is 18.2. The summed E-state index contributed by atoms with van der Waals surface area (Å²) in [4.78, 5) is 25.4. The normalized spacial score (nSPS) is 15.4. The lowest BCUT2D eigenvalue weighted by atomic mass is 10.0. The van der Waals surface area contributed by atoms with Crippen LogP contribution in [0.4, 0.5) is 10.2 Å². The molecule has 3 aromatic rings. The van der Waals surface area contributed by atoms with E-state index < -0.39 is 6.10 Å². The molecular weight excluding hydrogens is 411 g/mol. The standard InChI is InChI=1S/C24H27FN4O3/c1-15(2)13-21(31)24(32)29-11-9-28(10-12-29)23-18-14-16(25)7-8-19(18)26-22(27-23)17-5-3-4-6-20(17)30/h3-8,14-15,21,30-31H,9-13H2,1-2H3. The number of aliphatic hydroxyl groups excluding tert-OH is 1. The number of aromatic hydroxyl groups is 1. The van der Waals surface area contributed by atoms with Crippen LogP contribution in [0.5, 0.6) is 5.75 Å². The highest BCUT2D eigenvalue weighted by Crippen LogP contribution is 2.32. The van der Waals surface area contributed by atoms with Gasteiger partial charge in [-0.1, -0.05) is 26.0 Å². The molecule has 1 aliphatic heterocycles. The number of benzene rings is 2. The lowest BCUT2D eigenvalue weighted by molar-refractivity contribution is -0.141. The van der Waals surface area contributed by atoms with Crippen molar-refractivity contribution in [3.63, 3.8) is 0 Å². The Morgan fingerprint density at radius 1 is 1.09 bits per heavy atom. The second-order valence-electron chi connectivity index (χ2n) is 8.51. The van der Waals surface area contributed by atoms with E-state index >= 15 is 0 Å². The van der Waals surface area contributed by atoms with Crippen molar-refractivity contribution in [3.05, 3.63) is 48.3 Å². The van der Waals surface area contributed by atoms with Crippen LogP contribution in [0.25, 0.3) is 22.3 Å². The van der Waals surface area contributed by atoms with Crippen molar-refractivity contribution in [3.8, 4) is 17.1 Å². The number of hydrogen-bond acceptors (Lipinski definition) is 6. The fraction of sp³-hybridized carbons (Fsp3) is 0.375. The summed E-state index contributed by atoms with van der Waals surface area (Å²) in [5, 5.41) is 21.0. The zero-order chi connectivity index (χ0) is 22.8. The van der Waals surface area contributed by atoms with Gasteiger partial charge in [0.2, 0.25) is 0 Å². The molecule has 0 spiro atoms. The van der Waals surface area contributed by atoms with Gasteiger partial charge in [-0.3, -0.25) is 4.79 Å². The Morgan fingerprint density at radius 3 is 2.50 bits per heavy atom. The number of phenolic OH excluding ortho intramolecular Hbond substituents is 1. The van der Waals surface area contributed by atoms with Crippen LogP contribution in [0.15, 0.2) is 42.5 Å². The average molecular weight is 439 g/mol. The quantitative estimate of drug-likeness (QED) is 0.636. The maximum Gasteiger partial charge on any atom is 0.251 e. The molecule has 1 saturated heterocycles. The van der Waals surface area contributed by atoms with Crippen molar-refractivity contribution in [2.24, 2.45) is 5.92 Å². The number of carbonyl (C=O) groups excluding carboxylic acids is 1. The molecule has 2 aromatic carbocycles. The monoisotopic (exact) mass is 438 g/mol. The Balaban J connectivity index is 1.63. The molecule has 32 heavy (non-hydrogen) atoms. The first-order valence-electron chi connectivity index (χ1n) is 10.8. The van der Waals surface area contributed by atoms with Crippen molar-refractivity contribution in [1.82, 2.24) is 14.9 Å². The summed E-state index contributed by atoms with van der Waals surface area (Å²) < 4.78 is 14.0. The van der Waals surface area contributed by atoms with Crippen molar-refractivity contribution in [2.75, 3.05) is 31.1 Å². The van der Waals surface area contributed by atoms with Crippen molar-refractivity contribution < 1.29 is 19.4 Å². The van der Waals surface area contributed by atoms with Crippen LogP contribution in [0, 0.1) is 11.7 Å². The molecule has 0 aliphatic carbocycles. The molecule has 2 N–H and O–H groups in total. The van der Waals surface area contributed by atoms with Crippen molar-refractivity contribution >= 4 is 22.6 Å². The highest BCUT2D eigenvalue weighted by atomic mass is 19.1. The number of piperazine rings is 1. The Kier molecular flexibility index (Phi) is 6.23. The molecular formula is C24H27FN4O3. The second-order valence-corrected chi connectivity index (χ2v) is 8.51. The minimum Gasteiger partial charge on any atom is -0.507 e. The van der Waals surface area contributed by atoms with E-state index in [1.165, 1.54) is 12.1 Å². The number of phenols is 1. The molecule has 2 heterocycles. The Labute approximate surface area is 186 Å². The fourth-order valence-electron chi connectivity index (χ4n) is 4.01. The van der Waals surface area contributed by atoms with E-state index in [4.69, 9.17) is 0 Å². The van der Waals surface area contributed by atoms with Gasteiger partial charge in [0.25, 0.3) is 5.91 Å². The summed E-state index contributed by atoms with van der Waals surface area (Å²) in [5.74, 6) is 0.556. The Bertz CT molecular complexity index is 1130. The van der Waals surface area contributed by atoms with Gasteiger partial charge in [-0.15, -0.1) is 0 Å². The van der Waals surface area contributed by atoms with Crippen LogP contribution in [-0.4, -0.2) is 63.3 Å². The zero-order valence-electron chi connectivity index (χ0n) is 18.2. The van der Waals surface area contributed by atoms with Crippen LogP contribution in [0.1, 0.15) is 20.3 Å². The summed E-state index contributed by atoms with van der Waals surface area (Å²) >= 11 is 0. The van der Waals surface area contributed by atoms with E-state index in [0.29, 0.717) is 60.7 Å². The van der Waals surface area contributed by atoms with E-state index in [9.17, 15) is 19.4 Å². The average Bonchev–Trinajstić information content (AvgIpc) is 2.78. The number of para-hydroxylation sites is 1. The van der Waals surface area contributed by atoms with Crippen LogP contribution < -0.4 is 4.90 Å². The predicted octanol–water partition coefficient (Wildman–Crippen LogP) is 3.20. The molecule has 1 aliphatic rings. The first-order chi connectivity index (χ1) is 15.3. The minimum atomic E-state index is -0.997. The third-order valence-electron chi connectivity index (χ3n) is 5.65. The topological polar surface area (TPSA) is 89.8 Å². The number of fused-ring (bicyclic) bond motifs is 1. The summed E-state index contributed by atoms with van der Waals surface area (Å²) in [6.45, 7) is 5.78. The van der Waals surface area contributed by atoms with Crippen molar-refractivity contribution in [2.45, 2.75) is 26.4 Å². The summed E-state index contributed by atoms with van der Waals surface area (Å²) in [6.07, 6.45) is -0.568. The largest absolute Gasteiger partial charge is 0.507 e. The smallest absolute Gasteiger partial charge is 0.251 e. The summed E-state index contributed by atoms with van der Waals surface area (Å²) in [7, 11) is 0. The number of halogens is 1. The maximum atomic E-state index is 14.0. The predicted molar refractivity (Wildman–Crippen MR) is 121 cm³/mol. The van der Waals surface area contributed by atoms with Gasteiger partial charge in [-0.05, 0) is 42.7 Å². The summed E-state index contributed by atoms with van der Waals surface area (Å²) in [6, 6.07) is 11.2. The fourth-order valence-corrected chi connectivity index (χ4v) is 4.01. The van der Waals surface area contributed by atoms with Gasteiger partial charge in [0.05, 0.1) is 11.1 Å². The second kappa shape index (κ2) is 9.08. The molecule has 1 aromatic heterocycles. The SMILES string of the molecule is CC(C)CC(O)C(=O)N1CCN(c2nc(-c3ccccc3O)nc3ccc(F)cc23)CC1. The van der Waals surface area contributed by atoms with Gasteiger partial charge in [-0.25, -0.2) is 14.4 Å². The first-order valence-corrected chi connectivity index (χ1v) is 10.8. The van der Waals surface area contributed by atoms with Crippen LogP contribution in [-0.2, 0) is 4.79 Å². The number of hydrogen-bond donors (Lipinski definition) is 2. The third-order valence-corrected chi connectivity index (χ3v) is 5.65. The molecule has 1 fully saturated rings. The molecule has 168 valence electrons. The van der Waals surface area contributed by atoms with E-state index in [0.717, 1.165) is 0 Å². The number of carbonyl (C=O) groups is 1. The number of amides is 1. The molecule has 1 unspecified atom stereocenters. The van der Waals surface area contributed by atoms with Crippen LogP contribution in [0.3, 0.4) is 0 Å². The van der Waals surface area contributed by atoms with E-state index in [1.807, 2.05) is 18.7 Å². The molecule has 0 saturated carbocycles. The van der Waals surface area contributed by atoms with Crippen LogP contribution >= 0.6 is 0 Å². The Morgan fingerprint density at radius 2 is 1.81 bits per heavy atom. The number of aromatic nitrogens is 2. The van der Waals surface area contributed by atoms with Gasteiger partial charge in [0.15, 0.2) is 5.82 Å². The van der Waals surface area contributed by atoms with Gasteiger partial charge in [0.1, 0.15) is 23.5 Å². The molecule has 7 nitrogen and oxygen atoms in total. The number of nitrogens with zero attached hydrogens (tertiary/aromatic N) is 4. The molecule has 8 heteroatoms. The lowest BCUT2D eigenvalue weighted by Crippen LogP contribution is -2.52. The van der Waals surface area contributed by atoms with Gasteiger partial charge >= 0.3 is 0 Å². The van der Waals surface area contributed by atoms with E-state index in [2.05, 4.69) is 9.97 Å². The minimum absolute atomic E-state index is 0.0643. The van der Waals surface area contributed by atoms with Crippen molar-refractivity contribution in [1.29, 1.82) is 0 Å². The van der Waals surface area contributed by atoms with E-state index in [1.54, 1.807) is 35.2 Å². The molecule has 0 bridgehead atoms. The molecule has 1 atom stereocenters. The summed E-state index contributed by atoms with van der Waals surface area (Å²) in [5.41, 5.74) is 1.06. The van der Waals surface area contributed by atoms with Gasteiger partial charge < -0.3 is 20.0 Å². The number of anilines is 1. The molecule has 1 amide bonds. The molecule has 0 radical (unpaired) electrons. The van der Waals surface area contributed by atoms with Crippen LogP contribution in [0.2, 0.25) is 0 Å².